The molecule has 1 atom stereocenters. The molecule has 0 saturated heterocycles. The van der Waals surface area contributed by atoms with E-state index in [4.69, 9.17) is 10.5 Å². The summed E-state index contributed by atoms with van der Waals surface area (Å²) in [5.74, 6) is 0.371. The SMILES string of the molecule is N[C@@H](COc1ccc2c(c1)CC(=O)N2)c1ccc(F)cc1. The fourth-order valence-corrected chi connectivity index (χ4v) is 2.29. The molecule has 3 rings (SSSR count). The van der Waals surface area contributed by atoms with Gasteiger partial charge in [-0.15, -0.1) is 0 Å². The first-order chi connectivity index (χ1) is 10.1. The summed E-state index contributed by atoms with van der Waals surface area (Å²) in [5, 5.41) is 2.77. The number of anilines is 1. The Kier molecular flexibility index (Phi) is 3.58. The van der Waals surface area contributed by atoms with Crippen molar-refractivity contribution in [1.29, 1.82) is 0 Å². The Balaban J connectivity index is 1.64. The molecule has 0 fully saturated rings. The van der Waals surface area contributed by atoms with Crippen LogP contribution >= 0.6 is 0 Å². The number of halogens is 1. The Labute approximate surface area is 121 Å². The monoisotopic (exact) mass is 286 g/mol. The molecule has 5 heteroatoms. The van der Waals surface area contributed by atoms with Gasteiger partial charge in [0.15, 0.2) is 0 Å². The Morgan fingerprint density at radius 2 is 2.00 bits per heavy atom. The van der Waals surface area contributed by atoms with Crippen LogP contribution in [0.3, 0.4) is 0 Å². The maximum atomic E-state index is 12.9. The van der Waals surface area contributed by atoms with Gasteiger partial charge < -0.3 is 15.8 Å². The van der Waals surface area contributed by atoms with Gasteiger partial charge in [0.05, 0.1) is 12.5 Å². The fraction of sp³-hybridized carbons (Fsp3) is 0.188. The minimum absolute atomic E-state index is 0.00911. The third kappa shape index (κ3) is 3.03. The highest BCUT2D eigenvalue weighted by Gasteiger charge is 2.18. The van der Waals surface area contributed by atoms with Gasteiger partial charge in [-0.05, 0) is 41.5 Å². The van der Waals surface area contributed by atoms with E-state index < -0.39 is 0 Å². The summed E-state index contributed by atoms with van der Waals surface area (Å²) in [5.41, 5.74) is 8.58. The number of amides is 1. The number of rotatable bonds is 4. The molecule has 0 aliphatic carbocycles. The second-order valence-electron chi connectivity index (χ2n) is 5.01. The number of nitrogens with one attached hydrogen (secondary N) is 1. The van der Waals surface area contributed by atoms with Crippen molar-refractivity contribution in [1.82, 2.24) is 0 Å². The molecule has 2 aromatic carbocycles. The maximum absolute atomic E-state index is 12.9. The smallest absolute Gasteiger partial charge is 0.228 e. The number of hydrogen-bond acceptors (Lipinski definition) is 3. The zero-order chi connectivity index (χ0) is 14.8. The van der Waals surface area contributed by atoms with Gasteiger partial charge in [0.1, 0.15) is 18.2 Å². The summed E-state index contributed by atoms with van der Waals surface area (Å²) in [6, 6.07) is 11.2. The molecule has 1 amide bonds. The summed E-state index contributed by atoms with van der Waals surface area (Å²) >= 11 is 0. The molecule has 0 radical (unpaired) electrons. The predicted octanol–water partition coefficient (Wildman–Crippen LogP) is 2.40. The van der Waals surface area contributed by atoms with Crippen LogP contribution < -0.4 is 15.8 Å². The molecule has 1 heterocycles. The molecule has 0 bridgehead atoms. The lowest BCUT2D eigenvalue weighted by molar-refractivity contribution is -0.115. The molecular weight excluding hydrogens is 271 g/mol. The number of nitrogens with two attached hydrogens (primary N) is 1. The first kappa shape index (κ1) is 13.6. The van der Waals surface area contributed by atoms with Gasteiger partial charge in [0.2, 0.25) is 5.91 Å². The molecule has 0 saturated carbocycles. The van der Waals surface area contributed by atoms with Crippen LogP contribution in [0.2, 0.25) is 0 Å². The quantitative estimate of drug-likeness (QED) is 0.907. The Morgan fingerprint density at radius 1 is 1.24 bits per heavy atom. The minimum atomic E-state index is -0.335. The van der Waals surface area contributed by atoms with E-state index in [-0.39, 0.29) is 24.4 Å². The summed E-state index contributed by atoms with van der Waals surface area (Å²) in [6.07, 6.45) is 0.372. The number of ether oxygens (including phenoxy) is 1. The highest BCUT2D eigenvalue weighted by Crippen LogP contribution is 2.27. The van der Waals surface area contributed by atoms with Gasteiger partial charge in [-0.1, -0.05) is 12.1 Å². The normalized spacial score (nSPS) is 14.5. The molecule has 108 valence electrons. The van der Waals surface area contributed by atoms with Crippen LogP contribution in [-0.2, 0) is 11.2 Å². The average Bonchev–Trinajstić information content (AvgIpc) is 2.84. The van der Waals surface area contributed by atoms with Gasteiger partial charge >= 0.3 is 0 Å². The predicted molar refractivity (Wildman–Crippen MR) is 77.6 cm³/mol. The van der Waals surface area contributed by atoms with E-state index in [0.717, 1.165) is 16.8 Å². The standard InChI is InChI=1S/C16H15FN2O2/c17-12-3-1-10(2-4-12)14(18)9-21-13-5-6-15-11(7-13)8-16(20)19-15/h1-7,14H,8-9,18H2,(H,19,20)/t14-/m0/s1. The third-order valence-corrected chi connectivity index (χ3v) is 3.43. The Morgan fingerprint density at radius 3 is 2.76 bits per heavy atom. The van der Waals surface area contributed by atoms with Gasteiger partial charge in [-0.25, -0.2) is 4.39 Å². The zero-order valence-electron chi connectivity index (χ0n) is 11.3. The highest BCUT2D eigenvalue weighted by molar-refractivity contribution is 5.99. The summed E-state index contributed by atoms with van der Waals surface area (Å²) < 4.78 is 18.5. The first-order valence-electron chi connectivity index (χ1n) is 6.68. The number of hydrogen-bond donors (Lipinski definition) is 2. The second kappa shape index (κ2) is 5.54. The molecule has 3 N–H and O–H groups in total. The van der Waals surface area contributed by atoms with Crippen LogP contribution in [-0.4, -0.2) is 12.5 Å². The molecule has 0 aromatic heterocycles. The molecule has 2 aromatic rings. The fourth-order valence-electron chi connectivity index (χ4n) is 2.29. The molecule has 0 spiro atoms. The van der Waals surface area contributed by atoms with Crippen LogP contribution in [0, 0.1) is 5.82 Å². The highest BCUT2D eigenvalue weighted by atomic mass is 19.1. The van der Waals surface area contributed by atoms with Crippen molar-refractivity contribution < 1.29 is 13.9 Å². The van der Waals surface area contributed by atoms with Crippen molar-refractivity contribution >= 4 is 11.6 Å². The van der Waals surface area contributed by atoms with Crippen molar-refractivity contribution in [3.8, 4) is 5.75 Å². The zero-order valence-corrected chi connectivity index (χ0v) is 11.3. The summed E-state index contributed by atoms with van der Waals surface area (Å²) in [4.78, 5) is 11.3. The van der Waals surface area contributed by atoms with Crippen LogP contribution in [0.5, 0.6) is 5.75 Å². The number of carbonyl (C=O) groups is 1. The number of fused-ring (bicyclic) bond motifs is 1. The van der Waals surface area contributed by atoms with Gasteiger partial charge in [0, 0.05) is 5.69 Å². The van der Waals surface area contributed by atoms with Gasteiger partial charge in [-0.2, -0.15) is 0 Å². The average molecular weight is 286 g/mol. The van der Waals surface area contributed by atoms with Crippen molar-refractivity contribution in [3.05, 3.63) is 59.4 Å². The second-order valence-corrected chi connectivity index (χ2v) is 5.01. The minimum Gasteiger partial charge on any atom is -0.492 e. The lowest BCUT2D eigenvalue weighted by atomic mass is 10.1. The molecule has 4 nitrogen and oxygen atoms in total. The van der Waals surface area contributed by atoms with E-state index in [0.29, 0.717) is 12.2 Å². The lowest BCUT2D eigenvalue weighted by Crippen LogP contribution is -2.19. The van der Waals surface area contributed by atoms with Gasteiger partial charge in [-0.3, -0.25) is 4.79 Å². The molecule has 21 heavy (non-hydrogen) atoms. The maximum Gasteiger partial charge on any atom is 0.228 e. The topological polar surface area (TPSA) is 64.3 Å². The van der Waals surface area contributed by atoms with E-state index in [2.05, 4.69) is 5.32 Å². The molecule has 1 aliphatic rings. The van der Waals surface area contributed by atoms with Crippen LogP contribution in [0.1, 0.15) is 17.2 Å². The number of carbonyl (C=O) groups excluding carboxylic acids is 1. The summed E-state index contributed by atoms with van der Waals surface area (Å²) in [6.45, 7) is 0.284. The molecule has 0 unspecified atom stereocenters. The van der Waals surface area contributed by atoms with Gasteiger partial charge in [0.25, 0.3) is 0 Å². The largest absolute Gasteiger partial charge is 0.492 e. The Hall–Kier alpha value is -2.40. The van der Waals surface area contributed by atoms with Crippen molar-refractivity contribution in [2.24, 2.45) is 5.73 Å². The molecular formula is C16H15FN2O2. The first-order valence-corrected chi connectivity index (χ1v) is 6.68. The van der Waals surface area contributed by atoms with Crippen molar-refractivity contribution in [3.63, 3.8) is 0 Å². The van der Waals surface area contributed by atoms with Crippen molar-refractivity contribution in [2.75, 3.05) is 11.9 Å². The lowest BCUT2D eigenvalue weighted by Gasteiger charge is -2.14. The van der Waals surface area contributed by atoms with E-state index in [1.165, 1.54) is 12.1 Å². The van der Waals surface area contributed by atoms with E-state index in [1.807, 2.05) is 12.1 Å². The summed E-state index contributed by atoms with van der Waals surface area (Å²) in [7, 11) is 0. The van der Waals surface area contributed by atoms with E-state index in [1.54, 1.807) is 18.2 Å². The van der Waals surface area contributed by atoms with Crippen LogP contribution in [0.25, 0.3) is 0 Å². The van der Waals surface area contributed by atoms with Crippen LogP contribution in [0.4, 0.5) is 10.1 Å². The Bertz CT molecular complexity index is 670. The molecule has 1 aliphatic heterocycles. The van der Waals surface area contributed by atoms with E-state index >= 15 is 0 Å². The van der Waals surface area contributed by atoms with Crippen molar-refractivity contribution in [2.45, 2.75) is 12.5 Å². The van der Waals surface area contributed by atoms with Crippen LogP contribution in [0.15, 0.2) is 42.5 Å². The third-order valence-electron chi connectivity index (χ3n) is 3.43. The number of benzene rings is 2. The van der Waals surface area contributed by atoms with E-state index in [9.17, 15) is 9.18 Å².